The van der Waals surface area contributed by atoms with Gasteiger partial charge in [0.1, 0.15) is 6.54 Å². The molecule has 0 heterocycles. The molecule has 0 unspecified atom stereocenters. The van der Waals surface area contributed by atoms with Crippen LogP contribution in [0.5, 0.6) is 0 Å². The van der Waals surface area contributed by atoms with E-state index in [0.29, 0.717) is 33.8 Å². The zero-order valence-electron chi connectivity index (χ0n) is 22.0. The van der Waals surface area contributed by atoms with Gasteiger partial charge in [0.25, 0.3) is 5.91 Å². The van der Waals surface area contributed by atoms with Gasteiger partial charge in [0, 0.05) is 33.5 Å². The van der Waals surface area contributed by atoms with E-state index in [1.807, 2.05) is 17.0 Å². The molecule has 0 spiro atoms. The summed E-state index contributed by atoms with van der Waals surface area (Å²) in [7, 11) is 0. The van der Waals surface area contributed by atoms with Crippen LogP contribution in [0.25, 0.3) is 5.57 Å². The van der Waals surface area contributed by atoms with Gasteiger partial charge in [-0.3, -0.25) is 4.79 Å². The highest BCUT2D eigenvalue weighted by Gasteiger charge is 2.17. The fraction of sp³-hybridized carbons (Fsp3) is 0.258. The van der Waals surface area contributed by atoms with Gasteiger partial charge in [0.05, 0.1) is 19.2 Å². The molecular formula is C31H31Cl2N5O2. The van der Waals surface area contributed by atoms with Crippen molar-refractivity contribution in [1.82, 2.24) is 5.32 Å². The number of nitrogens with one attached hydrogen (secondary N) is 2. The van der Waals surface area contributed by atoms with Gasteiger partial charge < -0.3 is 20.6 Å². The summed E-state index contributed by atoms with van der Waals surface area (Å²) in [5.74, 6) is 0.204. The third-order valence-corrected chi connectivity index (χ3v) is 6.91. The van der Waals surface area contributed by atoms with Crippen LogP contribution in [-0.4, -0.2) is 36.7 Å². The lowest BCUT2D eigenvalue weighted by Crippen LogP contribution is -2.36. The summed E-state index contributed by atoms with van der Waals surface area (Å²) in [5.41, 5.74) is 5.50. The van der Waals surface area contributed by atoms with Crippen LogP contribution in [0, 0.1) is 11.3 Å². The van der Waals surface area contributed by atoms with E-state index >= 15 is 0 Å². The quantitative estimate of drug-likeness (QED) is 0.150. The van der Waals surface area contributed by atoms with Crippen LogP contribution in [0.1, 0.15) is 47.2 Å². The van der Waals surface area contributed by atoms with Crippen molar-refractivity contribution in [3.05, 3.63) is 99.5 Å². The number of allylic oxidation sites excluding steroid dienone is 2. The van der Waals surface area contributed by atoms with E-state index in [-0.39, 0.29) is 25.6 Å². The molecule has 0 saturated heterocycles. The second-order valence-electron chi connectivity index (χ2n) is 9.37. The number of guanidine groups is 1. The molecule has 3 N–H and O–H groups in total. The lowest BCUT2D eigenvalue weighted by Gasteiger charge is -2.28. The van der Waals surface area contributed by atoms with Gasteiger partial charge in [-0.15, -0.1) is 0 Å². The molecule has 0 saturated carbocycles. The number of aliphatic imine (C=N–C) groups is 1. The second-order valence-corrected chi connectivity index (χ2v) is 10.2. The Morgan fingerprint density at radius 3 is 2.38 bits per heavy atom. The van der Waals surface area contributed by atoms with E-state index in [1.54, 1.807) is 30.3 Å². The molecular weight excluding hydrogens is 545 g/mol. The first kappa shape index (κ1) is 29.2. The van der Waals surface area contributed by atoms with Crippen molar-refractivity contribution < 1.29 is 9.90 Å². The number of amides is 1. The summed E-state index contributed by atoms with van der Waals surface area (Å²) < 4.78 is 0. The normalized spacial score (nSPS) is 13.2. The van der Waals surface area contributed by atoms with Crippen molar-refractivity contribution in [3.8, 4) is 6.07 Å². The number of anilines is 2. The SMILES string of the molecule is N#CCN=C(Nc1cc(Cl)cc(Cl)c1)N(Cc1ccc(C(=O)NCCO)cc1)c1ccc(C2=CCCCC2)cc1. The number of benzene rings is 3. The topological polar surface area (TPSA) is 101 Å². The fourth-order valence-electron chi connectivity index (χ4n) is 4.52. The number of hydrogen-bond donors (Lipinski definition) is 3. The molecule has 3 aromatic rings. The summed E-state index contributed by atoms with van der Waals surface area (Å²) in [5, 5.41) is 25.2. The van der Waals surface area contributed by atoms with E-state index in [2.05, 4.69) is 52.0 Å². The second kappa shape index (κ2) is 14.5. The van der Waals surface area contributed by atoms with Crippen LogP contribution in [0.2, 0.25) is 10.0 Å². The Morgan fingerprint density at radius 2 is 1.75 bits per heavy atom. The van der Waals surface area contributed by atoms with Crippen molar-refractivity contribution in [2.24, 2.45) is 4.99 Å². The minimum absolute atomic E-state index is 0.0535. The van der Waals surface area contributed by atoms with Crippen molar-refractivity contribution in [2.45, 2.75) is 32.2 Å². The molecule has 0 radical (unpaired) electrons. The van der Waals surface area contributed by atoms with Gasteiger partial charge in [-0.2, -0.15) is 5.26 Å². The first-order valence-corrected chi connectivity index (χ1v) is 13.9. The Labute approximate surface area is 244 Å². The van der Waals surface area contributed by atoms with Gasteiger partial charge in [-0.05, 0) is 84.8 Å². The Bertz CT molecular complexity index is 1390. The van der Waals surface area contributed by atoms with Gasteiger partial charge in [-0.1, -0.05) is 53.5 Å². The predicted molar refractivity (Wildman–Crippen MR) is 163 cm³/mol. The van der Waals surface area contributed by atoms with E-state index in [9.17, 15) is 10.1 Å². The maximum absolute atomic E-state index is 12.3. The maximum atomic E-state index is 12.3. The number of nitrogens with zero attached hydrogens (tertiary/aromatic N) is 3. The third kappa shape index (κ3) is 8.09. The molecule has 1 amide bonds. The van der Waals surface area contributed by atoms with E-state index in [4.69, 9.17) is 28.3 Å². The zero-order chi connectivity index (χ0) is 28.3. The van der Waals surface area contributed by atoms with Crippen molar-refractivity contribution in [3.63, 3.8) is 0 Å². The number of aliphatic hydroxyl groups is 1. The number of halogens is 2. The minimum Gasteiger partial charge on any atom is -0.395 e. The number of nitriles is 1. The molecule has 1 aliphatic rings. The van der Waals surface area contributed by atoms with Crippen LogP contribution in [0.15, 0.2) is 77.8 Å². The lowest BCUT2D eigenvalue weighted by molar-refractivity contribution is 0.0944. The third-order valence-electron chi connectivity index (χ3n) is 6.47. The molecule has 40 heavy (non-hydrogen) atoms. The molecule has 206 valence electrons. The molecule has 3 aromatic carbocycles. The van der Waals surface area contributed by atoms with Crippen LogP contribution in [0.3, 0.4) is 0 Å². The number of hydrogen-bond acceptors (Lipinski definition) is 4. The van der Waals surface area contributed by atoms with Crippen molar-refractivity contribution in [1.29, 1.82) is 5.26 Å². The first-order chi connectivity index (χ1) is 19.5. The molecule has 4 rings (SSSR count). The average molecular weight is 577 g/mol. The molecule has 0 aromatic heterocycles. The number of carbonyl (C=O) groups excluding carboxylic acids is 1. The van der Waals surface area contributed by atoms with Crippen LogP contribution >= 0.6 is 23.2 Å². The van der Waals surface area contributed by atoms with Crippen LogP contribution in [0.4, 0.5) is 11.4 Å². The maximum Gasteiger partial charge on any atom is 0.251 e. The molecule has 7 nitrogen and oxygen atoms in total. The predicted octanol–water partition coefficient (Wildman–Crippen LogP) is 6.67. The highest BCUT2D eigenvalue weighted by molar-refractivity contribution is 6.35. The summed E-state index contributed by atoms with van der Waals surface area (Å²) in [4.78, 5) is 18.8. The number of carbonyl (C=O) groups is 1. The van der Waals surface area contributed by atoms with E-state index in [1.165, 1.54) is 24.0 Å². The Kier molecular flexibility index (Phi) is 10.6. The summed E-state index contributed by atoms with van der Waals surface area (Å²) in [6.07, 6.45) is 6.93. The van der Waals surface area contributed by atoms with E-state index in [0.717, 1.165) is 24.1 Å². The van der Waals surface area contributed by atoms with Gasteiger partial charge in [0.15, 0.2) is 0 Å². The van der Waals surface area contributed by atoms with Crippen LogP contribution in [-0.2, 0) is 6.54 Å². The average Bonchev–Trinajstić information content (AvgIpc) is 2.97. The molecule has 0 bridgehead atoms. The Morgan fingerprint density at radius 1 is 1.02 bits per heavy atom. The highest BCUT2D eigenvalue weighted by atomic mass is 35.5. The largest absolute Gasteiger partial charge is 0.395 e. The van der Waals surface area contributed by atoms with E-state index < -0.39 is 0 Å². The molecule has 0 aliphatic heterocycles. The summed E-state index contributed by atoms with van der Waals surface area (Å²) >= 11 is 12.5. The smallest absolute Gasteiger partial charge is 0.251 e. The molecule has 1 aliphatic carbocycles. The summed E-state index contributed by atoms with van der Waals surface area (Å²) in [6, 6.07) is 22.8. The number of rotatable bonds is 9. The standard InChI is InChI=1S/C31H31Cl2N5O2/c32-26-18-27(33)20-28(19-26)37-31(36-15-14-34)38(21-22-6-8-25(9-7-22)30(40)35-16-17-39)29-12-10-24(11-13-29)23-4-2-1-3-5-23/h4,6-13,18-20,39H,1-3,5,15-17,21H2,(H,35,40)(H,36,37). The van der Waals surface area contributed by atoms with Crippen molar-refractivity contribution in [2.75, 3.05) is 29.9 Å². The minimum atomic E-state index is -0.249. The first-order valence-electron chi connectivity index (χ1n) is 13.2. The molecule has 9 heteroatoms. The summed E-state index contributed by atoms with van der Waals surface area (Å²) in [6.45, 7) is 0.428. The Balaban J connectivity index is 1.67. The monoisotopic (exact) mass is 575 g/mol. The fourth-order valence-corrected chi connectivity index (χ4v) is 5.04. The highest BCUT2D eigenvalue weighted by Crippen LogP contribution is 2.29. The van der Waals surface area contributed by atoms with Gasteiger partial charge >= 0.3 is 0 Å². The lowest BCUT2D eigenvalue weighted by atomic mass is 9.93. The Hall–Kier alpha value is -3.83. The van der Waals surface area contributed by atoms with Crippen molar-refractivity contribution >= 4 is 52.0 Å². The van der Waals surface area contributed by atoms with Gasteiger partial charge in [-0.25, -0.2) is 4.99 Å². The number of aliphatic hydroxyl groups excluding tert-OH is 1. The van der Waals surface area contributed by atoms with Gasteiger partial charge in [0.2, 0.25) is 5.96 Å². The molecule has 0 fully saturated rings. The molecule has 0 atom stereocenters. The van der Waals surface area contributed by atoms with Crippen LogP contribution < -0.4 is 15.5 Å². The zero-order valence-corrected chi connectivity index (χ0v) is 23.5.